The molecule has 26 heavy (non-hydrogen) atoms. The molecule has 5 heteroatoms. The summed E-state index contributed by atoms with van der Waals surface area (Å²) >= 11 is 0. The third-order valence-electron chi connectivity index (χ3n) is 5.49. The fourth-order valence-corrected chi connectivity index (χ4v) is 4.29. The highest BCUT2D eigenvalue weighted by Crippen LogP contribution is 2.39. The molecule has 2 heterocycles. The van der Waals surface area contributed by atoms with Crippen LogP contribution in [-0.2, 0) is 0 Å². The average Bonchev–Trinajstić information content (AvgIpc) is 3.13. The first kappa shape index (κ1) is 17.0. The van der Waals surface area contributed by atoms with E-state index in [-0.39, 0.29) is 17.6 Å². The third kappa shape index (κ3) is 3.73. The predicted octanol–water partition coefficient (Wildman–Crippen LogP) is 3.07. The van der Waals surface area contributed by atoms with Crippen LogP contribution in [0.4, 0.5) is 0 Å². The van der Waals surface area contributed by atoms with Gasteiger partial charge in [0.25, 0.3) is 0 Å². The Bertz CT molecular complexity index is 776. The molecule has 0 amide bonds. The monoisotopic (exact) mass is 352 g/mol. The van der Waals surface area contributed by atoms with Crippen molar-refractivity contribution in [1.29, 1.82) is 0 Å². The topological polar surface area (TPSA) is 62.7 Å². The highest BCUT2D eigenvalue weighted by molar-refractivity contribution is 5.97. The van der Waals surface area contributed by atoms with Gasteiger partial charge in [-0.3, -0.25) is 14.7 Å². The summed E-state index contributed by atoms with van der Waals surface area (Å²) in [6, 6.07) is 8.54. The number of likely N-dealkylation sites (tertiary alicyclic amines) is 1. The molecule has 0 unspecified atom stereocenters. The van der Waals surface area contributed by atoms with Crippen LogP contribution in [0.5, 0.6) is 11.5 Å². The van der Waals surface area contributed by atoms with E-state index < -0.39 is 0 Å². The van der Waals surface area contributed by atoms with Crippen LogP contribution in [0, 0.1) is 18.8 Å². The second kappa shape index (κ2) is 7.08. The maximum Gasteiger partial charge on any atom is 0.176 e. The van der Waals surface area contributed by atoms with Crippen LogP contribution in [0.25, 0.3) is 0 Å². The summed E-state index contributed by atoms with van der Waals surface area (Å²) in [7, 11) is 0. The molecule has 0 radical (unpaired) electrons. The number of rotatable bonds is 5. The average molecular weight is 352 g/mol. The Morgan fingerprint density at radius 3 is 2.54 bits per heavy atom. The first-order valence-corrected chi connectivity index (χ1v) is 9.20. The molecule has 1 aromatic carbocycles. The molecule has 136 valence electrons. The van der Waals surface area contributed by atoms with E-state index in [0.29, 0.717) is 23.9 Å². The molecule has 1 aromatic heterocycles. The van der Waals surface area contributed by atoms with Crippen molar-refractivity contribution in [3.05, 3.63) is 53.9 Å². The largest absolute Gasteiger partial charge is 0.508 e. The quantitative estimate of drug-likeness (QED) is 0.838. The normalized spacial score (nSPS) is 25.2. The van der Waals surface area contributed by atoms with Gasteiger partial charge < -0.3 is 9.84 Å². The number of Topliss-reactive ketones (excluding diaryl/α,β-unsaturated/α-hetero) is 1. The van der Waals surface area contributed by atoms with E-state index in [0.717, 1.165) is 37.2 Å². The number of aromatic hydroxyl groups is 1. The van der Waals surface area contributed by atoms with E-state index in [9.17, 15) is 9.90 Å². The number of aryl methyl sites for hydroxylation is 1. The van der Waals surface area contributed by atoms with Gasteiger partial charge in [-0.2, -0.15) is 0 Å². The van der Waals surface area contributed by atoms with Crippen molar-refractivity contribution in [2.24, 2.45) is 11.8 Å². The van der Waals surface area contributed by atoms with E-state index in [4.69, 9.17) is 4.74 Å². The lowest BCUT2D eigenvalue weighted by Crippen LogP contribution is -2.30. The minimum atomic E-state index is 0.114. The highest BCUT2D eigenvalue weighted by Gasteiger charge is 2.42. The predicted molar refractivity (Wildman–Crippen MR) is 98.5 cm³/mol. The number of ether oxygens (including phenoxy) is 1. The first-order valence-electron chi connectivity index (χ1n) is 9.20. The van der Waals surface area contributed by atoms with Gasteiger partial charge >= 0.3 is 0 Å². The molecule has 5 nitrogen and oxygen atoms in total. The number of ketones is 1. The summed E-state index contributed by atoms with van der Waals surface area (Å²) in [6.45, 7) is 4.39. The van der Waals surface area contributed by atoms with E-state index in [2.05, 4.69) is 9.88 Å². The number of phenolic OH excluding ortho intramolecular Hbond substituents is 1. The van der Waals surface area contributed by atoms with Crippen LogP contribution < -0.4 is 4.74 Å². The number of aromatic nitrogens is 1. The van der Waals surface area contributed by atoms with Gasteiger partial charge in [-0.1, -0.05) is 0 Å². The SMILES string of the molecule is Cc1cncc(O[C@H]2C[C@@H]3CN(CC(=O)c4ccc(O)cc4)C[C@@H]3C2)c1. The molecule has 2 aliphatic rings. The minimum absolute atomic E-state index is 0.114. The number of pyridine rings is 1. The molecule has 1 saturated carbocycles. The molecule has 2 fully saturated rings. The standard InChI is InChI=1S/C21H24N2O3/c1-14-6-20(10-22-9-14)26-19-7-16-11-23(12-17(16)8-19)13-21(25)15-2-4-18(24)5-3-15/h2-6,9-10,16-17,19,24H,7-8,11-13H2,1H3/t16-,17+,19+. The molecule has 2 aromatic rings. The Balaban J connectivity index is 1.29. The van der Waals surface area contributed by atoms with Crippen molar-refractivity contribution in [3.63, 3.8) is 0 Å². The summed E-state index contributed by atoms with van der Waals surface area (Å²) < 4.78 is 6.12. The summed E-state index contributed by atoms with van der Waals surface area (Å²) in [5.74, 6) is 2.36. The van der Waals surface area contributed by atoms with Gasteiger partial charge in [-0.15, -0.1) is 0 Å². The zero-order valence-corrected chi connectivity index (χ0v) is 15.0. The fourth-order valence-electron chi connectivity index (χ4n) is 4.29. The lowest BCUT2D eigenvalue weighted by molar-refractivity contribution is 0.0936. The van der Waals surface area contributed by atoms with Crippen molar-refractivity contribution < 1.29 is 14.6 Å². The van der Waals surface area contributed by atoms with E-state index in [1.807, 2.05) is 19.2 Å². The Kier molecular flexibility index (Phi) is 4.64. The Hall–Kier alpha value is -2.40. The molecular formula is C21H24N2O3. The number of benzene rings is 1. The summed E-state index contributed by atoms with van der Waals surface area (Å²) in [5.41, 5.74) is 1.77. The third-order valence-corrected chi connectivity index (χ3v) is 5.49. The summed E-state index contributed by atoms with van der Waals surface area (Å²) in [4.78, 5) is 18.9. The lowest BCUT2D eigenvalue weighted by Gasteiger charge is -2.19. The fraction of sp³-hybridized carbons (Fsp3) is 0.429. The van der Waals surface area contributed by atoms with Crippen LogP contribution in [0.3, 0.4) is 0 Å². The Morgan fingerprint density at radius 2 is 1.88 bits per heavy atom. The van der Waals surface area contributed by atoms with Crippen LogP contribution in [0.1, 0.15) is 28.8 Å². The zero-order chi connectivity index (χ0) is 18.1. The minimum Gasteiger partial charge on any atom is -0.508 e. The van der Waals surface area contributed by atoms with Gasteiger partial charge in [0.2, 0.25) is 0 Å². The van der Waals surface area contributed by atoms with Gasteiger partial charge in [-0.05, 0) is 67.5 Å². The van der Waals surface area contributed by atoms with Crippen molar-refractivity contribution in [1.82, 2.24) is 9.88 Å². The molecule has 0 spiro atoms. The molecule has 1 aliphatic carbocycles. The number of fused-ring (bicyclic) bond motifs is 1. The van der Waals surface area contributed by atoms with Crippen LogP contribution >= 0.6 is 0 Å². The van der Waals surface area contributed by atoms with Crippen molar-refractivity contribution >= 4 is 5.78 Å². The highest BCUT2D eigenvalue weighted by atomic mass is 16.5. The van der Waals surface area contributed by atoms with Crippen LogP contribution in [0.2, 0.25) is 0 Å². The Morgan fingerprint density at radius 1 is 1.19 bits per heavy atom. The van der Waals surface area contributed by atoms with Crippen molar-refractivity contribution in [2.45, 2.75) is 25.9 Å². The maximum absolute atomic E-state index is 12.4. The lowest BCUT2D eigenvalue weighted by atomic mass is 10.0. The van der Waals surface area contributed by atoms with Gasteiger partial charge in [0.15, 0.2) is 5.78 Å². The number of carbonyl (C=O) groups excluding carboxylic acids is 1. The van der Waals surface area contributed by atoms with E-state index in [1.54, 1.807) is 30.5 Å². The first-order chi connectivity index (χ1) is 12.6. The molecule has 1 aliphatic heterocycles. The molecule has 0 bridgehead atoms. The van der Waals surface area contributed by atoms with Crippen LogP contribution in [-0.4, -0.2) is 46.5 Å². The molecule has 1 saturated heterocycles. The van der Waals surface area contributed by atoms with E-state index >= 15 is 0 Å². The van der Waals surface area contributed by atoms with Crippen molar-refractivity contribution in [2.75, 3.05) is 19.6 Å². The number of carbonyl (C=O) groups is 1. The Labute approximate surface area is 153 Å². The number of nitrogens with zero attached hydrogens (tertiary/aromatic N) is 2. The van der Waals surface area contributed by atoms with Gasteiger partial charge in [-0.25, -0.2) is 0 Å². The van der Waals surface area contributed by atoms with E-state index in [1.165, 1.54) is 0 Å². The molecule has 1 N–H and O–H groups in total. The van der Waals surface area contributed by atoms with Crippen molar-refractivity contribution in [3.8, 4) is 11.5 Å². The molecular weight excluding hydrogens is 328 g/mol. The van der Waals surface area contributed by atoms with Gasteiger partial charge in [0, 0.05) is 24.8 Å². The number of phenols is 1. The molecule has 4 rings (SSSR count). The smallest absolute Gasteiger partial charge is 0.176 e. The zero-order valence-electron chi connectivity index (χ0n) is 15.0. The van der Waals surface area contributed by atoms with Gasteiger partial charge in [0.1, 0.15) is 11.5 Å². The molecule has 3 atom stereocenters. The van der Waals surface area contributed by atoms with Crippen LogP contribution in [0.15, 0.2) is 42.7 Å². The maximum atomic E-state index is 12.4. The number of hydrogen-bond donors (Lipinski definition) is 1. The summed E-state index contributed by atoms with van der Waals surface area (Å²) in [5, 5.41) is 9.34. The second-order valence-electron chi connectivity index (χ2n) is 7.59. The summed E-state index contributed by atoms with van der Waals surface area (Å²) in [6.07, 6.45) is 5.96. The van der Waals surface area contributed by atoms with Gasteiger partial charge in [0.05, 0.1) is 18.8 Å². The number of hydrogen-bond acceptors (Lipinski definition) is 5. The second-order valence-corrected chi connectivity index (χ2v) is 7.59.